The van der Waals surface area contributed by atoms with Crippen LogP contribution in [0.3, 0.4) is 0 Å². The Bertz CT molecular complexity index is 940. The summed E-state index contributed by atoms with van der Waals surface area (Å²) in [4.78, 5) is 12.6. The van der Waals surface area contributed by atoms with Crippen molar-refractivity contribution in [2.75, 3.05) is 6.79 Å². The number of carbonyl (C=O) groups excluding carboxylic acids is 1. The molecule has 0 bridgehead atoms. The fraction of sp³-hybridized carbons (Fsp3) is 0.136. The fourth-order valence-electron chi connectivity index (χ4n) is 2.85. The van der Waals surface area contributed by atoms with Gasteiger partial charge in [-0.25, -0.2) is 0 Å². The maximum absolute atomic E-state index is 12.6. The Kier molecular flexibility index (Phi) is 4.92. The fourth-order valence-corrected chi connectivity index (χ4v) is 2.85. The minimum Gasteiger partial charge on any atom is -0.488 e. The van der Waals surface area contributed by atoms with Crippen LogP contribution >= 0.6 is 0 Å². The van der Waals surface area contributed by atoms with Crippen molar-refractivity contribution >= 4 is 5.91 Å². The molecule has 0 aliphatic carbocycles. The molecule has 0 radical (unpaired) electrons. The number of hydrogen-bond acceptors (Lipinski definition) is 4. The maximum atomic E-state index is 12.6. The summed E-state index contributed by atoms with van der Waals surface area (Å²) in [5, 5.41) is 2.93. The van der Waals surface area contributed by atoms with E-state index in [1.165, 1.54) is 0 Å². The van der Waals surface area contributed by atoms with Crippen LogP contribution < -0.4 is 19.5 Å². The van der Waals surface area contributed by atoms with Crippen molar-refractivity contribution in [2.45, 2.75) is 13.2 Å². The second kappa shape index (κ2) is 7.83. The van der Waals surface area contributed by atoms with Crippen molar-refractivity contribution in [3.05, 3.63) is 89.5 Å². The van der Waals surface area contributed by atoms with Crippen LogP contribution in [0.25, 0.3) is 0 Å². The highest BCUT2D eigenvalue weighted by molar-refractivity contribution is 5.96. The lowest BCUT2D eigenvalue weighted by atomic mass is 10.1. The van der Waals surface area contributed by atoms with E-state index >= 15 is 0 Å². The molecule has 0 fully saturated rings. The standard InChI is InChI=1S/C22H19NO4/c24-22(23-13-16-6-2-1-3-7-16)18-8-4-5-9-19(18)25-14-17-10-11-20-21(12-17)27-15-26-20/h1-12H,13-15H2,(H,23,24). The highest BCUT2D eigenvalue weighted by Gasteiger charge is 2.15. The number of hydrogen-bond donors (Lipinski definition) is 1. The van der Waals surface area contributed by atoms with Crippen LogP contribution in [0.2, 0.25) is 0 Å². The molecule has 0 saturated carbocycles. The molecule has 1 heterocycles. The number of carbonyl (C=O) groups is 1. The Balaban J connectivity index is 1.42. The molecule has 0 spiro atoms. The number of amides is 1. The van der Waals surface area contributed by atoms with Crippen molar-refractivity contribution in [3.8, 4) is 17.2 Å². The van der Waals surface area contributed by atoms with Crippen LogP contribution in [-0.4, -0.2) is 12.7 Å². The van der Waals surface area contributed by atoms with Crippen LogP contribution in [-0.2, 0) is 13.2 Å². The van der Waals surface area contributed by atoms with Crippen molar-refractivity contribution in [1.29, 1.82) is 0 Å². The summed E-state index contributed by atoms with van der Waals surface area (Å²) in [5.41, 5.74) is 2.50. The summed E-state index contributed by atoms with van der Waals surface area (Å²) in [6, 6.07) is 22.7. The molecule has 3 aromatic carbocycles. The molecule has 5 heteroatoms. The van der Waals surface area contributed by atoms with Gasteiger partial charge in [0, 0.05) is 6.54 Å². The molecule has 5 nitrogen and oxygen atoms in total. The highest BCUT2D eigenvalue weighted by Crippen LogP contribution is 2.33. The molecule has 4 rings (SSSR count). The Morgan fingerprint density at radius 1 is 0.889 bits per heavy atom. The molecule has 0 atom stereocenters. The molecule has 0 aromatic heterocycles. The van der Waals surface area contributed by atoms with Gasteiger partial charge < -0.3 is 19.5 Å². The summed E-state index contributed by atoms with van der Waals surface area (Å²) >= 11 is 0. The molecule has 1 amide bonds. The van der Waals surface area contributed by atoms with Crippen molar-refractivity contribution in [3.63, 3.8) is 0 Å². The van der Waals surface area contributed by atoms with E-state index in [-0.39, 0.29) is 12.7 Å². The van der Waals surface area contributed by atoms with Gasteiger partial charge in [-0.15, -0.1) is 0 Å². The first kappa shape index (κ1) is 17.0. The monoisotopic (exact) mass is 361 g/mol. The normalized spacial score (nSPS) is 11.9. The number of nitrogens with one attached hydrogen (secondary N) is 1. The first-order valence-corrected chi connectivity index (χ1v) is 8.72. The third-order valence-electron chi connectivity index (χ3n) is 4.26. The molecule has 27 heavy (non-hydrogen) atoms. The van der Waals surface area contributed by atoms with Crippen LogP contribution in [0.5, 0.6) is 17.2 Å². The lowest BCUT2D eigenvalue weighted by Crippen LogP contribution is -2.23. The van der Waals surface area contributed by atoms with Crippen molar-refractivity contribution in [2.24, 2.45) is 0 Å². The summed E-state index contributed by atoms with van der Waals surface area (Å²) < 4.78 is 16.6. The largest absolute Gasteiger partial charge is 0.488 e. The average Bonchev–Trinajstić information content (AvgIpc) is 3.19. The number of ether oxygens (including phenoxy) is 3. The molecule has 0 saturated heterocycles. The average molecular weight is 361 g/mol. The zero-order valence-corrected chi connectivity index (χ0v) is 14.7. The van der Waals surface area contributed by atoms with Crippen molar-refractivity contribution < 1.29 is 19.0 Å². The second-order valence-electron chi connectivity index (χ2n) is 6.14. The Morgan fingerprint density at radius 3 is 2.56 bits per heavy atom. The summed E-state index contributed by atoms with van der Waals surface area (Å²) in [7, 11) is 0. The Morgan fingerprint density at radius 2 is 1.67 bits per heavy atom. The minimum absolute atomic E-state index is 0.167. The van der Waals surface area contributed by atoms with Gasteiger partial charge in [0.15, 0.2) is 11.5 Å². The van der Waals surface area contributed by atoms with Crippen LogP contribution in [0.15, 0.2) is 72.8 Å². The first-order chi connectivity index (χ1) is 13.3. The molecular weight excluding hydrogens is 342 g/mol. The third kappa shape index (κ3) is 4.03. The van der Waals surface area contributed by atoms with E-state index in [1.54, 1.807) is 12.1 Å². The topological polar surface area (TPSA) is 56.8 Å². The number of benzene rings is 3. The van der Waals surface area contributed by atoms with E-state index in [0.29, 0.717) is 30.2 Å². The first-order valence-electron chi connectivity index (χ1n) is 8.72. The summed E-state index contributed by atoms with van der Waals surface area (Å²) in [6.45, 7) is 1.04. The van der Waals surface area contributed by atoms with E-state index in [9.17, 15) is 4.79 Å². The predicted octanol–water partition coefficient (Wildman–Crippen LogP) is 3.92. The Hall–Kier alpha value is -3.47. The van der Waals surface area contributed by atoms with Gasteiger partial charge in [-0.2, -0.15) is 0 Å². The summed E-state index contributed by atoms with van der Waals surface area (Å²) in [6.07, 6.45) is 0. The van der Waals surface area contributed by atoms with E-state index in [0.717, 1.165) is 16.9 Å². The molecule has 1 aliphatic rings. The summed E-state index contributed by atoms with van der Waals surface area (Å²) in [5.74, 6) is 1.82. The van der Waals surface area contributed by atoms with Crippen molar-refractivity contribution in [1.82, 2.24) is 5.32 Å². The van der Waals surface area contributed by atoms with Crippen LogP contribution in [0.1, 0.15) is 21.5 Å². The van der Waals surface area contributed by atoms with E-state index < -0.39 is 0 Å². The molecule has 0 unspecified atom stereocenters. The maximum Gasteiger partial charge on any atom is 0.255 e. The number of para-hydroxylation sites is 1. The zero-order valence-electron chi connectivity index (χ0n) is 14.7. The quantitative estimate of drug-likeness (QED) is 0.723. The highest BCUT2D eigenvalue weighted by atomic mass is 16.7. The van der Waals surface area contributed by atoms with Gasteiger partial charge in [-0.05, 0) is 35.4 Å². The zero-order chi connectivity index (χ0) is 18.5. The van der Waals surface area contributed by atoms with E-state index in [2.05, 4.69) is 5.32 Å². The number of rotatable bonds is 6. The van der Waals surface area contributed by atoms with E-state index in [1.807, 2.05) is 60.7 Å². The Labute approximate surface area is 157 Å². The van der Waals surface area contributed by atoms with Gasteiger partial charge in [0.1, 0.15) is 12.4 Å². The van der Waals surface area contributed by atoms with Crippen LogP contribution in [0, 0.1) is 0 Å². The predicted molar refractivity (Wildman–Crippen MR) is 101 cm³/mol. The lowest BCUT2D eigenvalue weighted by molar-refractivity contribution is 0.0946. The molecular formula is C22H19NO4. The molecule has 1 N–H and O–H groups in total. The molecule has 1 aliphatic heterocycles. The van der Waals surface area contributed by atoms with Gasteiger partial charge in [0.25, 0.3) is 5.91 Å². The van der Waals surface area contributed by atoms with Gasteiger partial charge in [-0.1, -0.05) is 48.5 Å². The second-order valence-corrected chi connectivity index (χ2v) is 6.14. The van der Waals surface area contributed by atoms with Gasteiger partial charge in [-0.3, -0.25) is 4.79 Å². The van der Waals surface area contributed by atoms with Gasteiger partial charge in [0.05, 0.1) is 5.56 Å². The third-order valence-corrected chi connectivity index (χ3v) is 4.26. The smallest absolute Gasteiger partial charge is 0.255 e. The lowest BCUT2D eigenvalue weighted by Gasteiger charge is -2.12. The van der Waals surface area contributed by atoms with Gasteiger partial charge >= 0.3 is 0 Å². The number of fused-ring (bicyclic) bond motifs is 1. The SMILES string of the molecule is O=C(NCc1ccccc1)c1ccccc1OCc1ccc2c(c1)OCO2. The van der Waals surface area contributed by atoms with Gasteiger partial charge in [0.2, 0.25) is 6.79 Å². The molecule has 136 valence electrons. The van der Waals surface area contributed by atoms with Crippen LogP contribution in [0.4, 0.5) is 0 Å². The van der Waals surface area contributed by atoms with E-state index in [4.69, 9.17) is 14.2 Å². The molecule has 3 aromatic rings. The minimum atomic E-state index is -0.167.